The van der Waals surface area contributed by atoms with Crippen molar-refractivity contribution in [1.29, 1.82) is 0 Å². The third-order valence-electron chi connectivity index (χ3n) is 1.98. The lowest BCUT2D eigenvalue weighted by atomic mass is 10.4. The van der Waals surface area contributed by atoms with E-state index in [0.29, 0.717) is 12.8 Å². The van der Waals surface area contributed by atoms with Gasteiger partial charge in [0.2, 0.25) is 0 Å². The van der Waals surface area contributed by atoms with Crippen LogP contribution in [-0.2, 0) is 0 Å². The van der Waals surface area contributed by atoms with Gasteiger partial charge >= 0.3 is 6.18 Å². The van der Waals surface area contributed by atoms with E-state index in [1.807, 2.05) is 19.1 Å². The molecule has 0 aliphatic heterocycles. The predicted octanol–water partition coefficient (Wildman–Crippen LogP) is 4.00. The summed E-state index contributed by atoms with van der Waals surface area (Å²) in [4.78, 5) is 3.95. The summed E-state index contributed by atoms with van der Waals surface area (Å²) in [6.07, 6.45) is -1.46. The van der Waals surface area contributed by atoms with E-state index in [9.17, 15) is 13.2 Å². The number of rotatable bonds is 0. The van der Waals surface area contributed by atoms with Crippen LogP contribution in [0, 0.1) is 12.8 Å². The van der Waals surface area contributed by atoms with E-state index in [1.165, 1.54) is 0 Å². The molecular formula is C10H11ClF3N. The maximum absolute atomic E-state index is 11.2. The van der Waals surface area contributed by atoms with Crippen LogP contribution in [0.3, 0.4) is 0 Å². The number of halogens is 4. The molecule has 1 saturated carbocycles. The summed E-state index contributed by atoms with van der Waals surface area (Å²) < 4.78 is 33.7. The van der Waals surface area contributed by atoms with E-state index in [0.717, 1.165) is 10.7 Å². The van der Waals surface area contributed by atoms with Crippen LogP contribution in [0.25, 0.3) is 0 Å². The number of aryl methyl sites for hydroxylation is 1. The van der Waals surface area contributed by atoms with E-state index < -0.39 is 12.1 Å². The molecule has 0 radical (unpaired) electrons. The molecule has 0 unspecified atom stereocenters. The Kier molecular flexibility index (Phi) is 3.97. The highest BCUT2D eigenvalue weighted by atomic mass is 35.5. The Morgan fingerprint density at radius 3 is 2.20 bits per heavy atom. The van der Waals surface area contributed by atoms with Gasteiger partial charge in [0.25, 0.3) is 0 Å². The quantitative estimate of drug-likeness (QED) is 0.665. The van der Waals surface area contributed by atoms with E-state index in [-0.39, 0.29) is 0 Å². The molecule has 1 aromatic rings. The lowest BCUT2D eigenvalue weighted by Gasteiger charge is -1.99. The van der Waals surface area contributed by atoms with Crippen molar-refractivity contribution in [2.24, 2.45) is 5.92 Å². The molecule has 84 valence electrons. The van der Waals surface area contributed by atoms with Gasteiger partial charge in [-0.25, -0.2) is 0 Å². The molecule has 2 rings (SSSR count). The van der Waals surface area contributed by atoms with Crippen LogP contribution in [0.15, 0.2) is 18.3 Å². The first-order valence-corrected chi connectivity index (χ1v) is 4.93. The van der Waals surface area contributed by atoms with E-state index in [2.05, 4.69) is 4.98 Å². The first-order chi connectivity index (χ1) is 6.91. The smallest absolute Gasteiger partial charge is 0.260 e. The zero-order valence-corrected chi connectivity index (χ0v) is 8.94. The topological polar surface area (TPSA) is 12.9 Å². The summed E-state index contributed by atoms with van der Waals surface area (Å²) >= 11 is 5.65. The second-order valence-electron chi connectivity index (χ2n) is 3.39. The molecular weight excluding hydrogens is 227 g/mol. The Morgan fingerprint density at radius 2 is 2.00 bits per heavy atom. The molecule has 1 aliphatic carbocycles. The molecule has 0 saturated heterocycles. The molecule has 5 heteroatoms. The van der Waals surface area contributed by atoms with Crippen molar-refractivity contribution in [1.82, 2.24) is 4.98 Å². The fourth-order valence-corrected chi connectivity index (χ4v) is 0.997. The Morgan fingerprint density at radius 1 is 1.40 bits per heavy atom. The summed E-state index contributed by atoms with van der Waals surface area (Å²) in [5.41, 5.74) is 0.883. The molecule has 1 nitrogen and oxygen atoms in total. The van der Waals surface area contributed by atoms with Crippen molar-refractivity contribution >= 4 is 11.6 Å². The zero-order valence-electron chi connectivity index (χ0n) is 8.18. The summed E-state index contributed by atoms with van der Waals surface area (Å²) in [5.74, 6) is -0.951. The first-order valence-electron chi connectivity index (χ1n) is 4.55. The Bertz CT molecular complexity index is 300. The van der Waals surface area contributed by atoms with Crippen LogP contribution in [0.2, 0.25) is 5.02 Å². The number of alkyl halides is 3. The van der Waals surface area contributed by atoms with Crippen molar-refractivity contribution in [2.75, 3.05) is 0 Å². The minimum atomic E-state index is -3.89. The first kappa shape index (κ1) is 12.3. The van der Waals surface area contributed by atoms with Gasteiger partial charge in [-0.05, 0) is 31.9 Å². The highest BCUT2D eigenvalue weighted by Crippen LogP contribution is 2.43. The second-order valence-corrected chi connectivity index (χ2v) is 3.79. The average molecular weight is 238 g/mol. The van der Waals surface area contributed by atoms with Crippen molar-refractivity contribution in [3.63, 3.8) is 0 Å². The van der Waals surface area contributed by atoms with Gasteiger partial charge in [-0.2, -0.15) is 13.2 Å². The second kappa shape index (κ2) is 4.84. The molecule has 1 fully saturated rings. The minimum absolute atomic E-state index is 0.351. The molecule has 0 N–H and O–H groups in total. The summed E-state index contributed by atoms with van der Waals surface area (Å²) in [5, 5.41) is 0.729. The normalized spacial score (nSPS) is 15.5. The van der Waals surface area contributed by atoms with Crippen LogP contribution < -0.4 is 0 Å². The van der Waals surface area contributed by atoms with E-state index >= 15 is 0 Å². The third kappa shape index (κ3) is 4.51. The largest absolute Gasteiger partial charge is 0.391 e. The van der Waals surface area contributed by atoms with Crippen LogP contribution in [0.4, 0.5) is 13.2 Å². The van der Waals surface area contributed by atoms with Gasteiger partial charge in [0.05, 0.1) is 16.6 Å². The van der Waals surface area contributed by atoms with Gasteiger partial charge in [0.1, 0.15) is 0 Å². The van der Waals surface area contributed by atoms with E-state index in [1.54, 1.807) is 6.20 Å². The molecule has 0 aromatic carbocycles. The number of hydrogen-bond acceptors (Lipinski definition) is 1. The van der Waals surface area contributed by atoms with Gasteiger partial charge < -0.3 is 0 Å². The number of hydrogen-bond donors (Lipinski definition) is 0. The molecule has 1 aliphatic rings. The van der Waals surface area contributed by atoms with Gasteiger partial charge in [-0.15, -0.1) is 0 Å². The highest BCUT2D eigenvalue weighted by Gasteiger charge is 2.46. The maximum atomic E-state index is 11.2. The molecule has 1 heterocycles. The van der Waals surface area contributed by atoms with Crippen molar-refractivity contribution in [2.45, 2.75) is 25.9 Å². The highest BCUT2D eigenvalue weighted by molar-refractivity contribution is 6.31. The molecule has 0 spiro atoms. The van der Waals surface area contributed by atoms with Crippen LogP contribution in [-0.4, -0.2) is 11.2 Å². The number of nitrogens with zero attached hydrogens (tertiary/aromatic N) is 1. The van der Waals surface area contributed by atoms with Gasteiger partial charge in [-0.3, -0.25) is 4.98 Å². The summed E-state index contributed by atoms with van der Waals surface area (Å²) in [6.45, 7) is 1.88. The average Bonchev–Trinajstić information content (AvgIpc) is 2.92. The Balaban J connectivity index is 0.000000151. The standard InChI is InChI=1S/C6H6ClN.C4H5F3/c1-5-6(7)3-2-4-8-5;5-4(6,7)3-1-2-3/h2-4H,1H3;3H,1-2H2. The summed E-state index contributed by atoms with van der Waals surface area (Å²) in [7, 11) is 0. The fraction of sp³-hybridized carbons (Fsp3) is 0.500. The SMILES string of the molecule is Cc1ncccc1Cl.FC(F)(F)C1CC1. The van der Waals surface area contributed by atoms with Crippen molar-refractivity contribution in [3.05, 3.63) is 29.0 Å². The van der Waals surface area contributed by atoms with Gasteiger partial charge in [0.15, 0.2) is 0 Å². The van der Waals surface area contributed by atoms with Crippen molar-refractivity contribution < 1.29 is 13.2 Å². The number of pyridine rings is 1. The minimum Gasteiger partial charge on any atom is -0.260 e. The summed E-state index contributed by atoms with van der Waals surface area (Å²) in [6, 6.07) is 3.64. The lowest BCUT2D eigenvalue weighted by Crippen LogP contribution is -2.08. The number of aromatic nitrogens is 1. The third-order valence-corrected chi connectivity index (χ3v) is 2.38. The Labute approximate surface area is 91.3 Å². The molecule has 1 aromatic heterocycles. The molecule has 0 bridgehead atoms. The van der Waals surface area contributed by atoms with Gasteiger partial charge in [-0.1, -0.05) is 11.6 Å². The lowest BCUT2D eigenvalue weighted by molar-refractivity contribution is -0.147. The fourth-order valence-electron chi connectivity index (χ4n) is 0.875. The molecule has 0 amide bonds. The van der Waals surface area contributed by atoms with Crippen LogP contribution in [0.5, 0.6) is 0 Å². The maximum Gasteiger partial charge on any atom is 0.391 e. The predicted molar refractivity (Wildman–Crippen MR) is 52.8 cm³/mol. The van der Waals surface area contributed by atoms with Gasteiger partial charge in [0, 0.05) is 6.20 Å². The van der Waals surface area contributed by atoms with E-state index in [4.69, 9.17) is 11.6 Å². The molecule has 0 atom stereocenters. The van der Waals surface area contributed by atoms with Crippen LogP contribution >= 0.6 is 11.6 Å². The van der Waals surface area contributed by atoms with Crippen LogP contribution in [0.1, 0.15) is 18.5 Å². The van der Waals surface area contributed by atoms with Crippen molar-refractivity contribution in [3.8, 4) is 0 Å². The monoisotopic (exact) mass is 237 g/mol. The molecule has 15 heavy (non-hydrogen) atoms. The Hall–Kier alpha value is -0.770. The zero-order chi connectivity index (χ0) is 11.5.